The van der Waals surface area contributed by atoms with Crippen molar-refractivity contribution in [3.8, 4) is 5.75 Å². The summed E-state index contributed by atoms with van der Waals surface area (Å²) in [6, 6.07) is 15.8. The summed E-state index contributed by atoms with van der Waals surface area (Å²) in [4.78, 5) is 12.0. The molecule has 1 heterocycles. The summed E-state index contributed by atoms with van der Waals surface area (Å²) in [5.74, 6) is 0.0175. The van der Waals surface area contributed by atoms with Gasteiger partial charge in [-0.15, -0.1) is 0 Å². The van der Waals surface area contributed by atoms with Crippen LogP contribution in [-0.4, -0.2) is 16.7 Å². The van der Waals surface area contributed by atoms with Crippen molar-refractivity contribution in [2.45, 2.75) is 6.92 Å². The summed E-state index contributed by atoms with van der Waals surface area (Å²) in [5, 5.41) is 14.6. The number of phenols is 1. The van der Waals surface area contributed by atoms with E-state index in [1.54, 1.807) is 19.1 Å². The van der Waals surface area contributed by atoms with Crippen LogP contribution in [-0.2, 0) is 0 Å². The van der Waals surface area contributed by atoms with Crippen molar-refractivity contribution in [2.24, 2.45) is 5.10 Å². The van der Waals surface area contributed by atoms with Crippen LogP contribution in [0.1, 0.15) is 23.0 Å². The predicted octanol–water partition coefficient (Wildman–Crippen LogP) is 3.29. The molecule has 2 aromatic carbocycles. The molecule has 0 spiro atoms. The lowest BCUT2D eigenvalue weighted by molar-refractivity contribution is 0.0952. The molecule has 0 saturated heterocycles. The Labute approximate surface area is 126 Å². The number of nitrogens with one attached hydrogen (secondary N) is 1. The number of rotatable bonds is 3. The van der Waals surface area contributed by atoms with Crippen molar-refractivity contribution in [3.63, 3.8) is 0 Å². The third kappa shape index (κ3) is 2.69. The van der Waals surface area contributed by atoms with Gasteiger partial charge in [-0.2, -0.15) is 5.10 Å². The van der Waals surface area contributed by atoms with Gasteiger partial charge in [-0.05, 0) is 31.2 Å². The topological polar surface area (TPSA) is 74.8 Å². The van der Waals surface area contributed by atoms with Crippen LogP contribution in [0.25, 0.3) is 11.0 Å². The van der Waals surface area contributed by atoms with Gasteiger partial charge in [0.25, 0.3) is 5.91 Å². The highest BCUT2D eigenvalue weighted by Gasteiger charge is 2.10. The van der Waals surface area contributed by atoms with Gasteiger partial charge in [0.1, 0.15) is 17.0 Å². The van der Waals surface area contributed by atoms with Crippen molar-refractivity contribution in [3.05, 3.63) is 65.9 Å². The molecule has 1 aromatic heterocycles. The average molecular weight is 294 g/mol. The number of carbonyl (C=O) groups is 1. The number of furan rings is 1. The maximum atomic E-state index is 12.0. The zero-order valence-corrected chi connectivity index (χ0v) is 11.9. The molecule has 1 amide bonds. The van der Waals surface area contributed by atoms with Crippen LogP contribution in [0, 0.1) is 0 Å². The summed E-state index contributed by atoms with van der Waals surface area (Å²) in [7, 11) is 0. The van der Waals surface area contributed by atoms with E-state index < -0.39 is 5.91 Å². The zero-order chi connectivity index (χ0) is 15.5. The molecule has 22 heavy (non-hydrogen) atoms. The monoisotopic (exact) mass is 294 g/mol. The van der Waals surface area contributed by atoms with E-state index in [-0.39, 0.29) is 11.3 Å². The number of benzene rings is 2. The molecule has 0 bridgehead atoms. The van der Waals surface area contributed by atoms with E-state index >= 15 is 0 Å². The molecule has 0 aliphatic carbocycles. The molecule has 0 aliphatic rings. The summed E-state index contributed by atoms with van der Waals surface area (Å²) in [5.41, 5.74) is 3.89. The van der Waals surface area contributed by atoms with Gasteiger partial charge in [-0.25, -0.2) is 5.43 Å². The van der Waals surface area contributed by atoms with Crippen LogP contribution in [0.2, 0.25) is 0 Å². The number of phenolic OH excluding ortho intramolecular Hbond substituents is 1. The van der Waals surface area contributed by atoms with Gasteiger partial charge in [-0.1, -0.05) is 30.3 Å². The second-order valence-corrected chi connectivity index (χ2v) is 4.80. The van der Waals surface area contributed by atoms with E-state index in [2.05, 4.69) is 10.5 Å². The summed E-state index contributed by atoms with van der Waals surface area (Å²) >= 11 is 0. The molecular formula is C17H14N2O3. The Balaban J connectivity index is 1.80. The van der Waals surface area contributed by atoms with Gasteiger partial charge < -0.3 is 9.52 Å². The highest BCUT2D eigenvalue weighted by molar-refractivity contribution is 6.02. The zero-order valence-electron chi connectivity index (χ0n) is 11.9. The number of carbonyl (C=O) groups excluding carboxylic acids is 1. The van der Waals surface area contributed by atoms with E-state index in [0.717, 1.165) is 11.0 Å². The fraction of sp³-hybridized carbons (Fsp3) is 0.0588. The number of hydrogen-bond acceptors (Lipinski definition) is 4. The van der Waals surface area contributed by atoms with Gasteiger partial charge in [0.15, 0.2) is 5.76 Å². The van der Waals surface area contributed by atoms with Crippen molar-refractivity contribution >= 4 is 22.6 Å². The Morgan fingerprint density at radius 2 is 1.86 bits per heavy atom. The molecule has 0 aliphatic heterocycles. The van der Waals surface area contributed by atoms with Gasteiger partial charge in [0.2, 0.25) is 0 Å². The molecule has 0 saturated carbocycles. The standard InChI is InChI=1S/C17H14N2O3/c1-11(16-10-12-6-2-5-9-15(12)22-16)18-19-17(21)13-7-3-4-8-14(13)20/h2-10,20H,1H3,(H,19,21)/b18-11+. The minimum absolute atomic E-state index is 0.0865. The van der Waals surface area contributed by atoms with E-state index in [4.69, 9.17) is 4.42 Å². The molecule has 0 atom stereocenters. The third-order valence-corrected chi connectivity index (χ3v) is 3.26. The largest absolute Gasteiger partial charge is 0.507 e. The molecule has 110 valence electrons. The molecule has 2 N–H and O–H groups in total. The van der Waals surface area contributed by atoms with E-state index in [9.17, 15) is 9.90 Å². The molecule has 0 fully saturated rings. The summed E-state index contributed by atoms with van der Waals surface area (Å²) in [6.07, 6.45) is 0. The first kappa shape index (κ1) is 13.9. The number of fused-ring (bicyclic) bond motifs is 1. The van der Waals surface area contributed by atoms with E-state index in [1.807, 2.05) is 30.3 Å². The van der Waals surface area contributed by atoms with Gasteiger partial charge in [0, 0.05) is 5.39 Å². The number of aromatic hydroxyl groups is 1. The first-order valence-corrected chi connectivity index (χ1v) is 6.77. The first-order valence-electron chi connectivity index (χ1n) is 6.77. The maximum absolute atomic E-state index is 12.0. The normalized spacial score (nSPS) is 11.6. The Morgan fingerprint density at radius 3 is 2.64 bits per heavy atom. The Hall–Kier alpha value is -3.08. The van der Waals surface area contributed by atoms with E-state index in [1.165, 1.54) is 12.1 Å². The highest BCUT2D eigenvalue weighted by atomic mass is 16.3. The number of para-hydroxylation sites is 2. The minimum atomic E-state index is -0.478. The van der Waals surface area contributed by atoms with Crippen LogP contribution >= 0.6 is 0 Å². The molecule has 3 rings (SSSR count). The fourth-order valence-corrected chi connectivity index (χ4v) is 2.08. The second kappa shape index (κ2) is 5.73. The van der Waals surface area contributed by atoms with Crippen molar-refractivity contribution < 1.29 is 14.3 Å². The molecule has 0 unspecified atom stereocenters. The van der Waals surface area contributed by atoms with Crippen LogP contribution in [0.4, 0.5) is 0 Å². The fourth-order valence-electron chi connectivity index (χ4n) is 2.08. The van der Waals surface area contributed by atoms with Crippen LogP contribution in [0.5, 0.6) is 5.75 Å². The van der Waals surface area contributed by atoms with Crippen LogP contribution < -0.4 is 5.43 Å². The predicted molar refractivity (Wildman–Crippen MR) is 84.0 cm³/mol. The SMILES string of the molecule is C/C(=N\NC(=O)c1ccccc1O)c1cc2ccccc2o1. The van der Waals surface area contributed by atoms with Gasteiger partial charge >= 0.3 is 0 Å². The number of hydrogen-bond donors (Lipinski definition) is 2. The lowest BCUT2D eigenvalue weighted by Crippen LogP contribution is -2.19. The Morgan fingerprint density at radius 1 is 1.14 bits per heavy atom. The lowest BCUT2D eigenvalue weighted by atomic mass is 10.2. The summed E-state index contributed by atoms with van der Waals surface area (Å²) < 4.78 is 5.66. The van der Waals surface area contributed by atoms with Crippen molar-refractivity contribution in [1.82, 2.24) is 5.43 Å². The second-order valence-electron chi connectivity index (χ2n) is 4.80. The van der Waals surface area contributed by atoms with E-state index in [0.29, 0.717) is 11.5 Å². The molecule has 3 aromatic rings. The molecule has 0 radical (unpaired) electrons. The quantitative estimate of drug-likeness (QED) is 0.575. The number of hydrazone groups is 1. The van der Waals surface area contributed by atoms with Crippen molar-refractivity contribution in [2.75, 3.05) is 0 Å². The van der Waals surface area contributed by atoms with Gasteiger partial charge in [0.05, 0.1) is 5.56 Å². The maximum Gasteiger partial charge on any atom is 0.275 e. The molecule has 5 heteroatoms. The first-order chi connectivity index (χ1) is 10.6. The smallest absolute Gasteiger partial charge is 0.275 e. The van der Waals surface area contributed by atoms with Crippen molar-refractivity contribution in [1.29, 1.82) is 0 Å². The Kier molecular flexibility index (Phi) is 3.62. The molecule has 5 nitrogen and oxygen atoms in total. The molecular weight excluding hydrogens is 280 g/mol. The lowest BCUT2D eigenvalue weighted by Gasteiger charge is -2.03. The third-order valence-electron chi connectivity index (χ3n) is 3.26. The van der Waals surface area contributed by atoms with Crippen LogP contribution in [0.3, 0.4) is 0 Å². The van der Waals surface area contributed by atoms with Gasteiger partial charge in [-0.3, -0.25) is 4.79 Å². The highest BCUT2D eigenvalue weighted by Crippen LogP contribution is 2.19. The average Bonchev–Trinajstić information content (AvgIpc) is 2.97. The van der Waals surface area contributed by atoms with Crippen LogP contribution in [0.15, 0.2) is 64.1 Å². The Bertz CT molecular complexity index is 832. The number of nitrogens with zero attached hydrogens (tertiary/aromatic N) is 1. The summed E-state index contributed by atoms with van der Waals surface area (Å²) in [6.45, 7) is 1.74. The minimum Gasteiger partial charge on any atom is -0.507 e. The number of amides is 1.